The zero-order valence-corrected chi connectivity index (χ0v) is 10.4. The van der Waals surface area contributed by atoms with Gasteiger partial charge in [-0.15, -0.1) is 0 Å². The summed E-state index contributed by atoms with van der Waals surface area (Å²) in [6.45, 7) is 0.108. The fourth-order valence-electron chi connectivity index (χ4n) is 1.84. The minimum absolute atomic E-state index is 0.0972. The van der Waals surface area contributed by atoms with Crippen LogP contribution in [0.15, 0.2) is 42.6 Å². The highest BCUT2D eigenvalue weighted by atomic mass is 16.6. The Morgan fingerprint density at radius 2 is 2.05 bits per heavy atom. The van der Waals surface area contributed by atoms with E-state index in [0.29, 0.717) is 11.5 Å². The molecule has 0 fully saturated rings. The Bertz CT molecular complexity index is 645. The molecule has 0 spiro atoms. The summed E-state index contributed by atoms with van der Waals surface area (Å²) in [4.78, 5) is 15.9. The van der Waals surface area contributed by atoms with Crippen LogP contribution >= 0.6 is 0 Å². The quantitative estimate of drug-likeness (QED) is 0.867. The van der Waals surface area contributed by atoms with Gasteiger partial charge >= 0.3 is 0 Å². The first-order chi connectivity index (χ1) is 9.74. The molecular formula is C14H12N2O4. The third-order valence-electron chi connectivity index (χ3n) is 2.83. The lowest BCUT2D eigenvalue weighted by atomic mass is 10.2. The smallest absolute Gasteiger partial charge is 0.270 e. The zero-order valence-electron chi connectivity index (χ0n) is 10.4. The van der Waals surface area contributed by atoms with Gasteiger partial charge < -0.3 is 19.9 Å². The molecule has 0 unspecified atom stereocenters. The Labute approximate surface area is 115 Å². The van der Waals surface area contributed by atoms with E-state index in [-0.39, 0.29) is 18.2 Å². The van der Waals surface area contributed by atoms with Gasteiger partial charge in [0, 0.05) is 6.20 Å². The second-order valence-electron chi connectivity index (χ2n) is 4.22. The summed E-state index contributed by atoms with van der Waals surface area (Å²) in [7, 11) is 0. The number of nitrogens with one attached hydrogen (secondary N) is 1. The first kappa shape index (κ1) is 12.3. The maximum Gasteiger partial charge on any atom is 0.270 e. The highest BCUT2D eigenvalue weighted by Gasteiger charge is 2.27. The number of hydrogen-bond acceptors (Lipinski definition) is 5. The molecule has 1 aromatic heterocycles. The van der Waals surface area contributed by atoms with Crippen molar-refractivity contribution in [2.24, 2.45) is 0 Å². The van der Waals surface area contributed by atoms with Gasteiger partial charge in [-0.2, -0.15) is 0 Å². The van der Waals surface area contributed by atoms with Crippen molar-refractivity contribution in [1.29, 1.82) is 0 Å². The van der Waals surface area contributed by atoms with Crippen molar-refractivity contribution in [3.8, 4) is 17.2 Å². The zero-order chi connectivity index (χ0) is 13.9. The Morgan fingerprint density at radius 3 is 2.85 bits per heavy atom. The number of hydrogen-bond donors (Lipinski definition) is 2. The molecule has 2 N–H and O–H groups in total. The number of carbonyl (C=O) groups is 1. The summed E-state index contributed by atoms with van der Waals surface area (Å²) in [5.74, 6) is 0.702. The maximum absolute atomic E-state index is 12.1. The first-order valence-corrected chi connectivity index (χ1v) is 6.07. The molecule has 6 heteroatoms. The van der Waals surface area contributed by atoms with Crippen LogP contribution in [0, 0.1) is 0 Å². The number of benzene rings is 1. The number of para-hydroxylation sites is 2. The summed E-state index contributed by atoms with van der Waals surface area (Å²) < 4.78 is 11.0. The van der Waals surface area contributed by atoms with Crippen LogP contribution in [0.25, 0.3) is 0 Å². The molecule has 3 rings (SSSR count). The number of ether oxygens (including phenoxy) is 2. The van der Waals surface area contributed by atoms with Gasteiger partial charge in [0.25, 0.3) is 5.91 Å². The number of pyridine rings is 1. The molecule has 20 heavy (non-hydrogen) atoms. The van der Waals surface area contributed by atoms with Crippen LogP contribution in [0.4, 0.5) is 5.82 Å². The SMILES string of the molecule is O=C(Nc1ncccc1O)[C@H]1COc2ccccc2O1. The Hall–Kier alpha value is -2.76. The van der Waals surface area contributed by atoms with Gasteiger partial charge in [0.05, 0.1) is 0 Å². The van der Waals surface area contributed by atoms with Gasteiger partial charge in [-0.1, -0.05) is 12.1 Å². The van der Waals surface area contributed by atoms with Gasteiger partial charge in [0.2, 0.25) is 6.10 Å². The maximum atomic E-state index is 12.1. The molecule has 1 aliphatic rings. The number of rotatable bonds is 2. The Morgan fingerprint density at radius 1 is 1.25 bits per heavy atom. The second-order valence-corrected chi connectivity index (χ2v) is 4.22. The van der Waals surface area contributed by atoms with Crippen molar-refractivity contribution < 1.29 is 19.4 Å². The molecule has 1 atom stereocenters. The van der Waals surface area contributed by atoms with Crippen LogP contribution in [0.5, 0.6) is 17.2 Å². The molecule has 2 heterocycles. The van der Waals surface area contributed by atoms with E-state index < -0.39 is 12.0 Å². The predicted octanol–water partition coefficient (Wildman–Crippen LogP) is 1.57. The van der Waals surface area contributed by atoms with Crippen LogP contribution < -0.4 is 14.8 Å². The van der Waals surface area contributed by atoms with Gasteiger partial charge in [0.15, 0.2) is 23.1 Å². The summed E-state index contributed by atoms with van der Waals surface area (Å²) in [6.07, 6.45) is 0.689. The van der Waals surface area contributed by atoms with E-state index in [1.807, 2.05) is 6.07 Å². The van der Waals surface area contributed by atoms with Crippen LogP contribution in [-0.2, 0) is 4.79 Å². The van der Waals surface area contributed by atoms with Crippen LogP contribution in [0.1, 0.15) is 0 Å². The number of aromatic nitrogens is 1. The minimum Gasteiger partial charge on any atom is -0.504 e. The summed E-state index contributed by atoms with van der Waals surface area (Å²) in [6, 6.07) is 10.1. The van der Waals surface area contributed by atoms with E-state index >= 15 is 0 Å². The standard InChI is InChI=1S/C14H12N2O4/c17-9-4-3-7-15-13(9)16-14(18)12-8-19-10-5-1-2-6-11(10)20-12/h1-7,12,17H,8H2,(H,15,16,18)/t12-/m1/s1. The van der Waals surface area contributed by atoms with Crippen molar-refractivity contribution in [2.45, 2.75) is 6.10 Å². The molecule has 1 amide bonds. The van der Waals surface area contributed by atoms with Gasteiger partial charge in [-0.25, -0.2) is 4.98 Å². The predicted molar refractivity (Wildman–Crippen MR) is 70.9 cm³/mol. The molecule has 0 radical (unpaired) electrons. The minimum atomic E-state index is -0.786. The van der Waals surface area contributed by atoms with Crippen molar-refractivity contribution in [3.63, 3.8) is 0 Å². The Balaban J connectivity index is 1.72. The average Bonchev–Trinajstić information content (AvgIpc) is 2.49. The highest BCUT2D eigenvalue weighted by molar-refractivity contribution is 5.94. The number of anilines is 1. The molecule has 2 aromatic rings. The lowest BCUT2D eigenvalue weighted by Gasteiger charge is -2.25. The molecule has 102 valence electrons. The third-order valence-corrected chi connectivity index (χ3v) is 2.83. The second kappa shape index (κ2) is 5.08. The van der Waals surface area contributed by atoms with E-state index in [1.165, 1.54) is 12.3 Å². The Kier molecular flexibility index (Phi) is 3.12. The molecule has 0 bridgehead atoms. The number of nitrogens with zero attached hydrogens (tertiary/aromatic N) is 1. The van der Waals surface area contributed by atoms with Gasteiger partial charge in [-0.3, -0.25) is 4.79 Å². The topological polar surface area (TPSA) is 80.7 Å². The van der Waals surface area contributed by atoms with Crippen LogP contribution in [0.2, 0.25) is 0 Å². The van der Waals surface area contributed by atoms with Crippen molar-refractivity contribution >= 4 is 11.7 Å². The molecule has 0 saturated heterocycles. The largest absolute Gasteiger partial charge is 0.504 e. The van der Waals surface area contributed by atoms with E-state index in [4.69, 9.17) is 9.47 Å². The fourth-order valence-corrected chi connectivity index (χ4v) is 1.84. The van der Waals surface area contributed by atoms with E-state index in [2.05, 4.69) is 10.3 Å². The summed E-state index contributed by atoms with van der Waals surface area (Å²) in [5.41, 5.74) is 0. The number of aromatic hydroxyl groups is 1. The van der Waals surface area contributed by atoms with Gasteiger partial charge in [0.1, 0.15) is 6.61 Å². The van der Waals surface area contributed by atoms with Gasteiger partial charge in [-0.05, 0) is 24.3 Å². The molecule has 1 aliphatic heterocycles. The summed E-state index contributed by atoms with van der Waals surface area (Å²) in [5, 5.41) is 12.1. The molecular weight excluding hydrogens is 260 g/mol. The molecule has 6 nitrogen and oxygen atoms in total. The number of amides is 1. The highest BCUT2D eigenvalue weighted by Crippen LogP contribution is 2.31. The van der Waals surface area contributed by atoms with Crippen LogP contribution in [0.3, 0.4) is 0 Å². The van der Waals surface area contributed by atoms with Crippen LogP contribution in [-0.4, -0.2) is 28.7 Å². The molecule has 0 aliphatic carbocycles. The lowest BCUT2D eigenvalue weighted by molar-refractivity contribution is -0.125. The monoisotopic (exact) mass is 272 g/mol. The van der Waals surface area contributed by atoms with Crippen molar-refractivity contribution in [2.75, 3.05) is 11.9 Å². The fraction of sp³-hybridized carbons (Fsp3) is 0.143. The number of carbonyl (C=O) groups excluding carboxylic acids is 1. The molecule has 1 aromatic carbocycles. The number of fused-ring (bicyclic) bond motifs is 1. The normalized spacial score (nSPS) is 16.5. The summed E-state index contributed by atoms with van der Waals surface area (Å²) >= 11 is 0. The lowest BCUT2D eigenvalue weighted by Crippen LogP contribution is -2.40. The van der Waals surface area contributed by atoms with Crippen molar-refractivity contribution in [1.82, 2.24) is 4.98 Å². The third kappa shape index (κ3) is 2.35. The average molecular weight is 272 g/mol. The van der Waals surface area contributed by atoms with E-state index in [9.17, 15) is 9.90 Å². The first-order valence-electron chi connectivity index (χ1n) is 6.07. The van der Waals surface area contributed by atoms with E-state index in [1.54, 1.807) is 24.3 Å². The van der Waals surface area contributed by atoms with E-state index in [0.717, 1.165) is 0 Å². The van der Waals surface area contributed by atoms with Crippen molar-refractivity contribution in [3.05, 3.63) is 42.6 Å². The molecule has 0 saturated carbocycles.